The lowest BCUT2D eigenvalue weighted by atomic mass is 9.99. The second kappa shape index (κ2) is 10.9. The van der Waals surface area contributed by atoms with Crippen molar-refractivity contribution in [3.63, 3.8) is 0 Å². The highest BCUT2D eigenvalue weighted by molar-refractivity contribution is 7.26. The molecule has 0 bridgehead atoms. The largest absolute Gasteiger partial charge is 0.292 e. The number of hydrogen-bond acceptors (Lipinski definition) is 4. The standard InChI is InChI=1S/C41H26N4S/c1-3-11-27(12-4-1)32-15-9-17-34-35-18-10-16-33(39(35)46-38(32)34)28-21-23-29(24-22-28)40-42-25-30(26-43-40)41-44-36-19-7-8-20-37(36)45(41)31-13-5-2-6-14-31/h1-26H. The van der Waals surface area contributed by atoms with E-state index >= 15 is 0 Å². The molecular formula is C41H26N4S. The molecule has 0 aliphatic heterocycles. The lowest BCUT2D eigenvalue weighted by Gasteiger charge is -2.09. The maximum Gasteiger partial charge on any atom is 0.159 e. The van der Waals surface area contributed by atoms with Crippen LogP contribution in [0.5, 0.6) is 0 Å². The molecule has 9 aromatic rings. The van der Waals surface area contributed by atoms with Crippen molar-refractivity contribution in [1.29, 1.82) is 0 Å². The summed E-state index contributed by atoms with van der Waals surface area (Å²) in [5.41, 5.74) is 9.81. The van der Waals surface area contributed by atoms with Crippen molar-refractivity contribution >= 4 is 42.5 Å². The number of nitrogens with zero attached hydrogens (tertiary/aromatic N) is 4. The van der Waals surface area contributed by atoms with E-state index in [1.807, 2.05) is 60.1 Å². The van der Waals surface area contributed by atoms with Gasteiger partial charge in [-0.15, -0.1) is 11.3 Å². The highest BCUT2D eigenvalue weighted by atomic mass is 32.1. The maximum absolute atomic E-state index is 4.95. The van der Waals surface area contributed by atoms with E-state index in [2.05, 4.69) is 114 Å². The number of rotatable bonds is 5. The fourth-order valence-corrected chi connectivity index (χ4v) is 7.71. The summed E-state index contributed by atoms with van der Waals surface area (Å²) in [5, 5.41) is 2.59. The Morgan fingerprint density at radius 1 is 0.457 bits per heavy atom. The van der Waals surface area contributed by atoms with E-state index in [4.69, 9.17) is 15.0 Å². The summed E-state index contributed by atoms with van der Waals surface area (Å²) in [4.78, 5) is 14.5. The van der Waals surface area contributed by atoms with Crippen LogP contribution < -0.4 is 0 Å². The van der Waals surface area contributed by atoms with Crippen LogP contribution in [0.4, 0.5) is 0 Å². The average molecular weight is 607 g/mol. The Kier molecular flexibility index (Phi) is 6.28. The van der Waals surface area contributed by atoms with Gasteiger partial charge in [0, 0.05) is 43.8 Å². The molecule has 6 aromatic carbocycles. The minimum Gasteiger partial charge on any atom is -0.292 e. The molecule has 0 radical (unpaired) electrons. The number of thiophene rings is 1. The summed E-state index contributed by atoms with van der Waals surface area (Å²) in [7, 11) is 0. The first-order chi connectivity index (χ1) is 22.8. The predicted molar refractivity (Wildman–Crippen MR) is 191 cm³/mol. The van der Waals surface area contributed by atoms with Crippen LogP contribution in [0.1, 0.15) is 0 Å². The van der Waals surface area contributed by atoms with Gasteiger partial charge in [0.05, 0.1) is 16.6 Å². The van der Waals surface area contributed by atoms with Crippen molar-refractivity contribution in [2.75, 3.05) is 0 Å². The van der Waals surface area contributed by atoms with Gasteiger partial charge in [0.25, 0.3) is 0 Å². The van der Waals surface area contributed by atoms with E-state index in [9.17, 15) is 0 Å². The van der Waals surface area contributed by atoms with Gasteiger partial charge in [0.15, 0.2) is 5.82 Å². The fourth-order valence-electron chi connectivity index (χ4n) is 6.34. The third kappa shape index (κ3) is 4.40. The zero-order valence-corrected chi connectivity index (χ0v) is 25.5. The third-order valence-corrected chi connectivity index (χ3v) is 9.84. The minimum absolute atomic E-state index is 0.685. The first kappa shape index (κ1) is 26.5. The average Bonchev–Trinajstić information content (AvgIpc) is 3.72. The predicted octanol–water partition coefficient (Wildman–Crippen LogP) is 10.9. The van der Waals surface area contributed by atoms with Gasteiger partial charge in [-0.2, -0.15) is 0 Å². The van der Waals surface area contributed by atoms with Crippen LogP contribution in [-0.2, 0) is 0 Å². The molecule has 0 unspecified atom stereocenters. The van der Waals surface area contributed by atoms with Gasteiger partial charge < -0.3 is 0 Å². The number of benzene rings is 6. The Bertz CT molecular complexity index is 2500. The van der Waals surface area contributed by atoms with Gasteiger partial charge in [-0.25, -0.2) is 15.0 Å². The van der Waals surface area contributed by atoms with E-state index < -0.39 is 0 Å². The number of fused-ring (bicyclic) bond motifs is 4. The molecule has 0 N–H and O–H groups in total. The normalized spacial score (nSPS) is 11.5. The fraction of sp³-hybridized carbons (Fsp3) is 0. The van der Waals surface area contributed by atoms with Crippen molar-refractivity contribution < 1.29 is 0 Å². The molecule has 0 spiro atoms. The summed E-state index contributed by atoms with van der Waals surface area (Å²) in [6.45, 7) is 0. The second-order valence-corrected chi connectivity index (χ2v) is 12.3. The van der Waals surface area contributed by atoms with Crippen LogP contribution in [0.15, 0.2) is 158 Å². The van der Waals surface area contributed by atoms with Crippen molar-refractivity contribution in [1.82, 2.24) is 19.5 Å². The maximum atomic E-state index is 4.95. The SMILES string of the molecule is c1ccc(-c2cccc3c2sc2c(-c4ccc(-c5ncc(-c6nc7ccccc7n6-c6ccccc6)cn5)cc4)cccc23)cc1. The number of imidazole rings is 1. The highest BCUT2D eigenvalue weighted by Crippen LogP contribution is 2.43. The molecule has 9 rings (SSSR count). The van der Waals surface area contributed by atoms with Gasteiger partial charge in [0.2, 0.25) is 0 Å². The molecule has 0 aliphatic carbocycles. The number of aromatic nitrogens is 4. The van der Waals surface area contributed by atoms with Gasteiger partial charge in [-0.05, 0) is 46.5 Å². The molecule has 5 heteroatoms. The smallest absolute Gasteiger partial charge is 0.159 e. The molecule has 0 saturated carbocycles. The molecule has 0 fully saturated rings. The summed E-state index contributed by atoms with van der Waals surface area (Å²) >= 11 is 1.87. The van der Waals surface area contributed by atoms with Crippen LogP contribution in [0.3, 0.4) is 0 Å². The molecule has 3 heterocycles. The van der Waals surface area contributed by atoms with Gasteiger partial charge in [-0.3, -0.25) is 4.57 Å². The number of para-hydroxylation sites is 3. The molecule has 0 atom stereocenters. The van der Waals surface area contributed by atoms with Crippen LogP contribution >= 0.6 is 11.3 Å². The van der Waals surface area contributed by atoms with E-state index in [1.54, 1.807) is 0 Å². The first-order valence-electron chi connectivity index (χ1n) is 15.3. The van der Waals surface area contributed by atoms with E-state index in [0.717, 1.165) is 33.7 Å². The van der Waals surface area contributed by atoms with Gasteiger partial charge in [0.1, 0.15) is 5.82 Å². The van der Waals surface area contributed by atoms with Gasteiger partial charge in [-0.1, -0.05) is 121 Å². The first-order valence-corrected chi connectivity index (χ1v) is 16.1. The van der Waals surface area contributed by atoms with Crippen LogP contribution in [-0.4, -0.2) is 19.5 Å². The van der Waals surface area contributed by atoms with Crippen molar-refractivity contribution in [3.05, 3.63) is 158 Å². The van der Waals surface area contributed by atoms with E-state index in [1.165, 1.54) is 42.4 Å². The summed E-state index contributed by atoms with van der Waals surface area (Å²) < 4.78 is 4.79. The van der Waals surface area contributed by atoms with Gasteiger partial charge >= 0.3 is 0 Å². The van der Waals surface area contributed by atoms with Crippen molar-refractivity contribution in [2.45, 2.75) is 0 Å². The molecule has 46 heavy (non-hydrogen) atoms. The Balaban J connectivity index is 1.07. The summed E-state index contributed by atoms with van der Waals surface area (Å²) in [6.07, 6.45) is 3.75. The summed E-state index contributed by atoms with van der Waals surface area (Å²) in [6, 6.07) is 51.0. The molecule has 0 amide bonds. The zero-order valence-electron chi connectivity index (χ0n) is 24.7. The van der Waals surface area contributed by atoms with Crippen LogP contribution in [0, 0.1) is 0 Å². The molecular weight excluding hydrogens is 581 g/mol. The Morgan fingerprint density at radius 3 is 1.70 bits per heavy atom. The minimum atomic E-state index is 0.685. The lowest BCUT2D eigenvalue weighted by Crippen LogP contribution is -1.98. The zero-order chi connectivity index (χ0) is 30.5. The lowest BCUT2D eigenvalue weighted by molar-refractivity contribution is 1.08. The Hall–Kier alpha value is -5.91. The van der Waals surface area contributed by atoms with E-state index in [-0.39, 0.29) is 0 Å². The monoisotopic (exact) mass is 606 g/mol. The topological polar surface area (TPSA) is 43.6 Å². The quantitative estimate of drug-likeness (QED) is 0.196. The number of hydrogen-bond donors (Lipinski definition) is 0. The van der Waals surface area contributed by atoms with Crippen LogP contribution in [0.25, 0.3) is 81.9 Å². The molecule has 0 saturated heterocycles. The van der Waals surface area contributed by atoms with Crippen molar-refractivity contribution in [2.24, 2.45) is 0 Å². The molecule has 0 aliphatic rings. The Labute approximate surface area is 269 Å². The van der Waals surface area contributed by atoms with Crippen molar-refractivity contribution in [3.8, 4) is 50.7 Å². The highest BCUT2D eigenvalue weighted by Gasteiger charge is 2.16. The Morgan fingerprint density at radius 2 is 1.02 bits per heavy atom. The van der Waals surface area contributed by atoms with E-state index in [0.29, 0.717) is 5.82 Å². The summed E-state index contributed by atoms with van der Waals surface area (Å²) in [5.74, 6) is 1.51. The molecule has 216 valence electrons. The molecule has 4 nitrogen and oxygen atoms in total. The second-order valence-electron chi connectivity index (χ2n) is 11.3. The molecule has 3 aromatic heterocycles. The third-order valence-electron chi connectivity index (χ3n) is 8.55. The van der Waals surface area contributed by atoms with Crippen LogP contribution in [0.2, 0.25) is 0 Å².